The fourth-order valence-electron chi connectivity index (χ4n) is 1.68. The zero-order chi connectivity index (χ0) is 12.6. The lowest BCUT2D eigenvalue weighted by molar-refractivity contribution is 0.414. The number of sulfonamides is 1. The monoisotopic (exact) mass is 256 g/mol. The molecule has 1 aromatic rings. The summed E-state index contributed by atoms with van der Waals surface area (Å²) in [6, 6.07) is 4.74. The van der Waals surface area contributed by atoms with Gasteiger partial charge in [-0.15, -0.1) is 0 Å². The molecule has 0 radical (unpaired) electrons. The Hall–Kier alpha value is -1.27. The number of rotatable bonds is 4. The van der Waals surface area contributed by atoms with Crippen LogP contribution < -0.4 is 10.5 Å². The van der Waals surface area contributed by atoms with Gasteiger partial charge in [-0.3, -0.25) is 0 Å². The van der Waals surface area contributed by atoms with Crippen molar-refractivity contribution in [2.45, 2.75) is 23.8 Å². The largest absolute Gasteiger partial charge is 0.497 e. The summed E-state index contributed by atoms with van der Waals surface area (Å²) < 4.78 is 30.9. The highest BCUT2D eigenvalue weighted by molar-refractivity contribution is 7.89. The first-order chi connectivity index (χ1) is 7.96. The fraction of sp³-hybridized carbons (Fsp3) is 0.455. The molecule has 1 fully saturated rings. The Morgan fingerprint density at radius 2 is 2.06 bits per heavy atom. The minimum atomic E-state index is -3.48. The van der Waals surface area contributed by atoms with Gasteiger partial charge in [0.2, 0.25) is 10.0 Å². The Kier molecular flexibility index (Phi) is 3.01. The topological polar surface area (TPSA) is 72.6 Å². The van der Waals surface area contributed by atoms with E-state index in [1.165, 1.54) is 23.5 Å². The van der Waals surface area contributed by atoms with Gasteiger partial charge in [-0.2, -0.15) is 4.31 Å². The standard InChI is InChI=1S/C11H16N2O3S/c1-13(8-3-4-8)17(14,15)11-6-5-9(16-2)7-10(11)12/h5-8H,3-4,12H2,1-2H3. The molecule has 0 amide bonds. The van der Waals surface area contributed by atoms with Crippen molar-refractivity contribution in [1.82, 2.24) is 4.31 Å². The summed E-state index contributed by atoms with van der Waals surface area (Å²) in [6.07, 6.45) is 1.84. The van der Waals surface area contributed by atoms with Crippen LogP contribution in [0.25, 0.3) is 0 Å². The molecule has 0 bridgehead atoms. The third-order valence-corrected chi connectivity index (χ3v) is 4.92. The molecule has 1 aliphatic rings. The van der Waals surface area contributed by atoms with Gasteiger partial charge in [0.15, 0.2) is 0 Å². The van der Waals surface area contributed by atoms with Crippen LogP contribution in [0, 0.1) is 0 Å². The first-order valence-corrected chi connectivity index (χ1v) is 6.82. The summed E-state index contributed by atoms with van der Waals surface area (Å²) in [5.41, 5.74) is 5.97. The average molecular weight is 256 g/mol. The van der Waals surface area contributed by atoms with Crippen molar-refractivity contribution in [2.24, 2.45) is 0 Å². The van der Waals surface area contributed by atoms with E-state index in [0.29, 0.717) is 5.75 Å². The van der Waals surface area contributed by atoms with Crippen molar-refractivity contribution in [2.75, 3.05) is 19.9 Å². The van der Waals surface area contributed by atoms with Crippen LogP contribution in [0.1, 0.15) is 12.8 Å². The Bertz CT molecular complexity index is 524. The molecule has 0 aliphatic heterocycles. The second-order valence-electron chi connectivity index (χ2n) is 4.16. The van der Waals surface area contributed by atoms with Crippen molar-refractivity contribution in [3.05, 3.63) is 18.2 Å². The molecule has 17 heavy (non-hydrogen) atoms. The second kappa shape index (κ2) is 4.19. The molecule has 2 N–H and O–H groups in total. The number of anilines is 1. The number of methoxy groups -OCH3 is 1. The second-order valence-corrected chi connectivity index (χ2v) is 6.12. The Morgan fingerprint density at radius 3 is 2.53 bits per heavy atom. The molecule has 1 saturated carbocycles. The third kappa shape index (κ3) is 2.23. The highest BCUT2D eigenvalue weighted by Gasteiger charge is 2.35. The van der Waals surface area contributed by atoms with Gasteiger partial charge in [0.1, 0.15) is 10.6 Å². The van der Waals surface area contributed by atoms with Gasteiger partial charge in [-0.1, -0.05) is 0 Å². The smallest absolute Gasteiger partial charge is 0.245 e. The summed E-state index contributed by atoms with van der Waals surface area (Å²) in [5, 5.41) is 0. The summed E-state index contributed by atoms with van der Waals surface area (Å²) in [5.74, 6) is 0.551. The number of nitrogens with two attached hydrogens (primary N) is 1. The highest BCUT2D eigenvalue weighted by atomic mass is 32.2. The fourth-order valence-corrected chi connectivity index (χ4v) is 3.19. The maximum absolute atomic E-state index is 12.2. The van der Waals surface area contributed by atoms with Crippen LogP contribution >= 0.6 is 0 Å². The maximum atomic E-state index is 12.2. The average Bonchev–Trinajstić information content (AvgIpc) is 3.11. The van der Waals surface area contributed by atoms with E-state index < -0.39 is 10.0 Å². The predicted molar refractivity (Wildman–Crippen MR) is 65.4 cm³/mol. The van der Waals surface area contributed by atoms with Crippen LogP contribution in [0.2, 0.25) is 0 Å². The maximum Gasteiger partial charge on any atom is 0.245 e. The third-order valence-electron chi connectivity index (χ3n) is 2.94. The Balaban J connectivity index is 2.39. The van der Waals surface area contributed by atoms with Crippen LogP contribution in [0.3, 0.4) is 0 Å². The van der Waals surface area contributed by atoms with E-state index in [2.05, 4.69) is 0 Å². The van der Waals surface area contributed by atoms with Gasteiger partial charge in [0.25, 0.3) is 0 Å². The minimum absolute atomic E-state index is 0.126. The normalized spacial score (nSPS) is 16.2. The number of hydrogen-bond acceptors (Lipinski definition) is 4. The van der Waals surface area contributed by atoms with E-state index >= 15 is 0 Å². The van der Waals surface area contributed by atoms with Crippen molar-refractivity contribution < 1.29 is 13.2 Å². The lowest BCUT2D eigenvalue weighted by Crippen LogP contribution is -2.29. The molecule has 0 heterocycles. The summed E-state index contributed by atoms with van der Waals surface area (Å²) in [7, 11) is -0.372. The molecule has 0 unspecified atom stereocenters. The van der Waals surface area contributed by atoms with Crippen molar-refractivity contribution in [3.8, 4) is 5.75 Å². The summed E-state index contributed by atoms with van der Waals surface area (Å²) in [4.78, 5) is 0.146. The first kappa shape index (κ1) is 12.2. The number of benzene rings is 1. The zero-order valence-electron chi connectivity index (χ0n) is 9.88. The molecule has 1 aliphatic carbocycles. The molecule has 1 aromatic carbocycles. The molecule has 0 spiro atoms. The molecule has 0 saturated heterocycles. The van der Waals surface area contributed by atoms with E-state index in [-0.39, 0.29) is 16.6 Å². The first-order valence-electron chi connectivity index (χ1n) is 5.38. The van der Waals surface area contributed by atoms with E-state index in [4.69, 9.17) is 10.5 Å². The highest BCUT2D eigenvalue weighted by Crippen LogP contribution is 2.33. The molecule has 5 nitrogen and oxygen atoms in total. The van der Waals surface area contributed by atoms with Crippen LogP contribution in [0.4, 0.5) is 5.69 Å². The van der Waals surface area contributed by atoms with E-state index in [1.807, 2.05) is 0 Å². The molecule has 2 rings (SSSR count). The number of nitrogens with zero attached hydrogens (tertiary/aromatic N) is 1. The van der Waals surface area contributed by atoms with Crippen molar-refractivity contribution in [3.63, 3.8) is 0 Å². The zero-order valence-corrected chi connectivity index (χ0v) is 10.7. The lowest BCUT2D eigenvalue weighted by atomic mass is 10.3. The predicted octanol–water partition coefficient (Wildman–Crippen LogP) is 1.06. The van der Waals surface area contributed by atoms with Gasteiger partial charge in [0.05, 0.1) is 12.8 Å². The number of nitrogen functional groups attached to an aromatic ring is 1. The molecule has 0 atom stereocenters. The van der Waals surface area contributed by atoms with Crippen LogP contribution in [-0.4, -0.2) is 32.9 Å². The van der Waals surface area contributed by atoms with Gasteiger partial charge in [-0.05, 0) is 25.0 Å². The van der Waals surface area contributed by atoms with Crippen LogP contribution in [-0.2, 0) is 10.0 Å². The van der Waals surface area contributed by atoms with Crippen molar-refractivity contribution >= 4 is 15.7 Å². The molecular formula is C11H16N2O3S. The Labute approximate surface area is 101 Å². The number of ether oxygens (including phenoxy) is 1. The quantitative estimate of drug-likeness (QED) is 0.818. The van der Waals surface area contributed by atoms with Gasteiger partial charge >= 0.3 is 0 Å². The SMILES string of the molecule is COc1ccc(S(=O)(=O)N(C)C2CC2)c(N)c1. The van der Waals surface area contributed by atoms with E-state index in [9.17, 15) is 8.42 Å². The van der Waals surface area contributed by atoms with Crippen LogP contribution in [0.15, 0.2) is 23.1 Å². The molecule has 94 valence electrons. The number of hydrogen-bond donors (Lipinski definition) is 1. The van der Waals surface area contributed by atoms with E-state index in [0.717, 1.165) is 12.8 Å². The molecule has 6 heteroatoms. The van der Waals surface area contributed by atoms with Gasteiger partial charge in [-0.25, -0.2) is 8.42 Å². The van der Waals surface area contributed by atoms with Gasteiger partial charge in [0, 0.05) is 19.2 Å². The van der Waals surface area contributed by atoms with E-state index in [1.54, 1.807) is 13.1 Å². The van der Waals surface area contributed by atoms with Crippen LogP contribution in [0.5, 0.6) is 5.75 Å². The Morgan fingerprint density at radius 1 is 1.41 bits per heavy atom. The summed E-state index contributed by atoms with van der Waals surface area (Å²) in [6.45, 7) is 0. The minimum Gasteiger partial charge on any atom is -0.497 e. The van der Waals surface area contributed by atoms with Crippen molar-refractivity contribution in [1.29, 1.82) is 0 Å². The van der Waals surface area contributed by atoms with Gasteiger partial charge < -0.3 is 10.5 Å². The summed E-state index contributed by atoms with van der Waals surface area (Å²) >= 11 is 0. The lowest BCUT2D eigenvalue weighted by Gasteiger charge is -2.17. The molecule has 0 aromatic heterocycles. The molecular weight excluding hydrogens is 240 g/mol.